The van der Waals surface area contributed by atoms with Gasteiger partial charge in [0, 0.05) is 13.6 Å². The summed E-state index contributed by atoms with van der Waals surface area (Å²) in [6.07, 6.45) is 3.05. The van der Waals surface area contributed by atoms with Crippen LogP contribution in [-0.2, 0) is 4.79 Å². The standard InChI is InChI=1S/C13H19N3O2/c1-9(17)11-6-5-10(8-15-11)16-7-3-4-12(16)13(18)14-2/h5-6,8-9,12,17H,3-4,7H2,1-2H3,(H,14,18)/t9-,12?/m1/s1. The van der Waals surface area contributed by atoms with Crippen LogP contribution in [0.25, 0.3) is 0 Å². The molecule has 2 rings (SSSR count). The van der Waals surface area contributed by atoms with E-state index < -0.39 is 6.10 Å². The fourth-order valence-corrected chi connectivity index (χ4v) is 2.33. The van der Waals surface area contributed by atoms with Crippen LogP contribution in [0, 0.1) is 0 Å². The van der Waals surface area contributed by atoms with Gasteiger partial charge in [-0.05, 0) is 31.9 Å². The predicted octanol–water partition coefficient (Wildman–Crippen LogP) is 0.850. The first kappa shape index (κ1) is 12.8. The van der Waals surface area contributed by atoms with E-state index in [0.29, 0.717) is 5.69 Å². The number of carbonyl (C=O) groups is 1. The highest BCUT2D eigenvalue weighted by Crippen LogP contribution is 2.25. The third-order valence-corrected chi connectivity index (χ3v) is 3.33. The Hall–Kier alpha value is -1.62. The second-order valence-corrected chi connectivity index (χ2v) is 4.58. The van der Waals surface area contributed by atoms with Crippen molar-refractivity contribution in [3.8, 4) is 0 Å². The fourth-order valence-electron chi connectivity index (χ4n) is 2.33. The first-order valence-electron chi connectivity index (χ1n) is 6.25. The van der Waals surface area contributed by atoms with E-state index in [4.69, 9.17) is 0 Å². The monoisotopic (exact) mass is 249 g/mol. The number of aliphatic hydroxyl groups is 1. The molecule has 0 radical (unpaired) electrons. The lowest BCUT2D eigenvalue weighted by atomic mass is 10.2. The van der Waals surface area contributed by atoms with Gasteiger partial charge in [-0.15, -0.1) is 0 Å². The lowest BCUT2D eigenvalue weighted by Gasteiger charge is -2.25. The molecule has 0 spiro atoms. The summed E-state index contributed by atoms with van der Waals surface area (Å²) < 4.78 is 0. The van der Waals surface area contributed by atoms with Crippen molar-refractivity contribution in [2.24, 2.45) is 0 Å². The predicted molar refractivity (Wildman–Crippen MR) is 69.3 cm³/mol. The van der Waals surface area contributed by atoms with Crippen molar-refractivity contribution >= 4 is 11.6 Å². The number of carbonyl (C=O) groups excluding carboxylic acids is 1. The minimum absolute atomic E-state index is 0.0482. The molecule has 98 valence electrons. The summed E-state index contributed by atoms with van der Waals surface area (Å²) in [6.45, 7) is 2.55. The molecule has 1 aromatic rings. The van der Waals surface area contributed by atoms with Crippen molar-refractivity contribution in [2.45, 2.75) is 31.9 Å². The summed E-state index contributed by atoms with van der Waals surface area (Å²) in [5.74, 6) is 0.0482. The first-order valence-corrected chi connectivity index (χ1v) is 6.25. The van der Waals surface area contributed by atoms with Crippen molar-refractivity contribution < 1.29 is 9.90 Å². The molecule has 0 saturated carbocycles. The Morgan fingerprint density at radius 2 is 2.39 bits per heavy atom. The number of hydrogen-bond donors (Lipinski definition) is 2. The van der Waals surface area contributed by atoms with Crippen molar-refractivity contribution in [1.29, 1.82) is 0 Å². The zero-order valence-corrected chi connectivity index (χ0v) is 10.8. The quantitative estimate of drug-likeness (QED) is 0.833. The van der Waals surface area contributed by atoms with Gasteiger partial charge < -0.3 is 15.3 Å². The van der Waals surface area contributed by atoms with Crippen molar-refractivity contribution in [3.63, 3.8) is 0 Å². The molecule has 2 N–H and O–H groups in total. The molecule has 1 aromatic heterocycles. The lowest BCUT2D eigenvalue weighted by molar-refractivity contribution is -0.121. The van der Waals surface area contributed by atoms with Crippen molar-refractivity contribution in [2.75, 3.05) is 18.5 Å². The summed E-state index contributed by atoms with van der Waals surface area (Å²) in [4.78, 5) is 18.0. The minimum atomic E-state index is -0.563. The Morgan fingerprint density at radius 1 is 1.61 bits per heavy atom. The van der Waals surface area contributed by atoms with E-state index in [2.05, 4.69) is 15.2 Å². The number of amides is 1. The maximum atomic E-state index is 11.8. The molecule has 1 aliphatic heterocycles. The molecule has 18 heavy (non-hydrogen) atoms. The Balaban J connectivity index is 2.17. The molecular formula is C13H19N3O2. The average Bonchev–Trinajstić information content (AvgIpc) is 2.87. The molecule has 2 atom stereocenters. The molecule has 5 heteroatoms. The Kier molecular flexibility index (Phi) is 3.81. The van der Waals surface area contributed by atoms with Gasteiger partial charge in [-0.2, -0.15) is 0 Å². The van der Waals surface area contributed by atoms with Gasteiger partial charge in [-0.3, -0.25) is 9.78 Å². The second kappa shape index (κ2) is 5.35. The van der Waals surface area contributed by atoms with Gasteiger partial charge in [0.1, 0.15) is 6.04 Å². The highest BCUT2D eigenvalue weighted by atomic mass is 16.3. The summed E-state index contributed by atoms with van der Waals surface area (Å²) in [5.41, 5.74) is 1.58. The number of anilines is 1. The maximum Gasteiger partial charge on any atom is 0.242 e. The molecule has 0 aromatic carbocycles. The van der Waals surface area contributed by atoms with E-state index in [9.17, 15) is 9.90 Å². The molecule has 1 fully saturated rings. The number of aliphatic hydroxyl groups excluding tert-OH is 1. The van der Waals surface area contributed by atoms with Gasteiger partial charge in [-0.1, -0.05) is 0 Å². The zero-order valence-electron chi connectivity index (χ0n) is 10.8. The summed E-state index contributed by atoms with van der Waals surface area (Å²) in [6, 6.07) is 3.62. The van der Waals surface area contributed by atoms with E-state index >= 15 is 0 Å². The van der Waals surface area contributed by atoms with E-state index in [0.717, 1.165) is 25.1 Å². The summed E-state index contributed by atoms with van der Waals surface area (Å²) in [5, 5.41) is 12.1. The highest BCUT2D eigenvalue weighted by Gasteiger charge is 2.30. The Morgan fingerprint density at radius 3 is 2.94 bits per heavy atom. The van der Waals surface area contributed by atoms with Gasteiger partial charge in [-0.25, -0.2) is 0 Å². The zero-order chi connectivity index (χ0) is 13.1. The summed E-state index contributed by atoms with van der Waals surface area (Å²) in [7, 11) is 1.66. The van der Waals surface area contributed by atoms with E-state index in [1.54, 1.807) is 26.2 Å². The smallest absolute Gasteiger partial charge is 0.242 e. The molecule has 1 aliphatic rings. The second-order valence-electron chi connectivity index (χ2n) is 4.58. The normalized spacial score (nSPS) is 20.8. The molecule has 1 amide bonds. The number of likely N-dealkylation sites (N-methyl/N-ethyl adjacent to an activating group) is 1. The molecule has 1 saturated heterocycles. The van der Waals surface area contributed by atoms with E-state index in [1.165, 1.54) is 0 Å². The minimum Gasteiger partial charge on any atom is -0.387 e. The number of hydrogen-bond acceptors (Lipinski definition) is 4. The number of rotatable bonds is 3. The summed E-state index contributed by atoms with van der Waals surface area (Å²) >= 11 is 0. The largest absolute Gasteiger partial charge is 0.387 e. The van der Waals surface area contributed by atoms with Crippen LogP contribution < -0.4 is 10.2 Å². The van der Waals surface area contributed by atoms with Gasteiger partial charge in [0.15, 0.2) is 0 Å². The number of aromatic nitrogens is 1. The van der Waals surface area contributed by atoms with Crippen LogP contribution in [0.3, 0.4) is 0 Å². The van der Waals surface area contributed by atoms with Gasteiger partial charge in [0.25, 0.3) is 0 Å². The molecule has 0 bridgehead atoms. The lowest BCUT2D eigenvalue weighted by Crippen LogP contribution is -2.42. The van der Waals surface area contributed by atoms with E-state index in [1.807, 2.05) is 6.07 Å². The first-order chi connectivity index (χ1) is 8.63. The average molecular weight is 249 g/mol. The van der Waals surface area contributed by atoms with Crippen LogP contribution in [0.1, 0.15) is 31.6 Å². The molecule has 1 unspecified atom stereocenters. The molecule has 5 nitrogen and oxygen atoms in total. The maximum absolute atomic E-state index is 11.8. The van der Waals surface area contributed by atoms with Gasteiger partial charge in [0.2, 0.25) is 5.91 Å². The molecular weight excluding hydrogens is 230 g/mol. The van der Waals surface area contributed by atoms with Crippen LogP contribution in [0.15, 0.2) is 18.3 Å². The highest BCUT2D eigenvalue weighted by molar-refractivity contribution is 5.85. The number of nitrogens with one attached hydrogen (secondary N) is 1. The van der Waals surface area contributed by atoms with Crippen LogP contribution in [0.4, 0.5) is 5.69 Å². The van der Waals surface area contributed by atoms with Gasteiger partial charge in [0.05, 0.1) is 23.7 Å². The Labute approximate surface area is 107 Å². The van der Waals surface area contributed by atoms with Crippen LogP contribution >= 0.6 is 0 Å². The number of nitrogens with zero attached hydrogens (tertiary/aromatic N) is 2. The van der Waals surface area contributed by atoms with Gasteiger partial charge >= 0.3 is 0 Å². The fraction of sp³-hybridized carbons (Fsp3) is 0.538. The molecule has 2 heterocycles. The SMILES string of the molecule is CNC(=O)C1CCCN1c1ccc([C@@H](C)O)nc1. The van der Waals surface area contributed by atoms with Crippen molar-refractivity contribution in [3.05, 3.63) is 24.0 Å². The third kappa shape index (κ3) is 2.46. The van der Waals surface area contributed by atoms with Crippen LogP contribution in [0.5, 0.6) is 0 Å². The third-order valence-electron chi connectivity index (χ3n) is 3.33. The Bertz CT molecular complexity index is 417. The van der Waals surface area contributed by atoms with Crippen LogP contribution in [-0.4, -0.2) is 35.6 Å². The molecule has 0 aliphatic carbocycles. The van der Waals surface area contributed by atoms with Crippen molar-refractivity contribution in [1.82, 2.24) is 10.3 Å². The van der Waals surface area contributed by atoms with E-state index in [-0.39, 0.29) is 11.9 Å². The topological polar surface area (TPSA) is 65.5 Å². The van der Waals surface area contributed by atoms with Crippen LogP contribution in [0.2, 0.25) is 0 Å². The number of pyridine rings is 1.